The van der Waals surface area contributed by atoms with Crippen LogP contribution in [0.5, 0.6) is 5.75 Å². The molecule has 2 N–H and O–H groups in total. The molecular weight excluding hydrogens is 342 g/mol. The molecule has 1 rings (SSSR count). The average molecular weight is 351 g/mol. The van der Waals surface area contributed by atoms with Gasteiger partial charge in [0.1, 0.15) is 13.6 Å². The number of carbonyl (C=O) groups excluding carboxylic acids is 1. The minimum absolute atomic E-state index is 0.0364. The van der Waals surface area contributed by atoms with Gasteiger partial charge in [-0.1, -0.05) is 17.6 Å². The zero-order chi connectivity index (χ0) is 13.1. The number of carbonyl (C=O) groups is 1. The third-order valence-corrected chi connectivity index (χ3v) is 2.18. The molecule has 0 aromatic heterocycles. The third-order valence-electron chi connectivity index (χ3n) is 1.96. The molecule has 1 amide bonds. The van der Waals surface area contributed by atoms with Crippen LogP contribution in [0, 0.1) is 0 Å². The van der Waals surface area contributed by atoms with Gasteiger partial charge in [0, 0.05) is 6.42 Å². The maximum Gasteiger partial charge on any atom is 0.451 e. The third kappa shape index (κ3) is 5.34. The minimum atomic E-state index is -3.33. The SMILES string of the molecule is [B]c1ccc(CCC(N)=O)c(OC(F)(F)I)c1. The molecule has 1 aromatic carbocycles. The molecular formula is C10H9BF2INO2. The standard InChI is InChI=1S/C10H9BF2INO2/c11-7-3-1-6(2-4-9(15)16)8(5-7)17-10(12,13)14/h1,3,5H,2,4H2,(H2,15,16). The quantitative estimate of drug-likeness (QED) is 0.494. The number of rotatable bonds is 5. The van der Waals surface area contributed by atoms with E-state index in [2.05, 4.69) is 4.74 Å². The molecule has 0 spiro atoms. The second-order valence-electron chi connectivity index (χ2n) is 3.38. The van der Waals surface area contributed by atoms with Gasteiger partial charge in [-0.05, 0) is 18.1 Å². The van der Waals surface area contributed by atoms with Crippen molar-refractivity contribution in [3.05, 3.63) is 23.8 Å². The second kappa shape index (κ2) is 5.66. The number of amides is 1. The van der Waals surface area contributed by atoms with E-state index in [0.717, 1.165) is 22.6 Å². The van der Waals surface area contributed by atoms with Crippen molar-refractivity contribution in [3.63, 3.8) is 0 Å². The van der Waals surface area contributed by atoms with Crippen molar-refractivity contribution >= 4 is 41.8 Å². The van der Waals surface area contributed by atoms with Crippen molar-refractivity contribution in [3.8, 4) is 5.75 Å². The molecule has 1 aromatic rings. The molecule has 0 fully saturated rings. The van der Waals surface area contributed by atoms with E-state index in [1.54, 1.807) is 6.07 Å². The van der Waals surface area contributed by atoms with E-state index >= 15 is 0 Å². The molecule has 3 nitrogen and oxygen atoms in total. The van der Waals surface area contributed by atoms with Gasteiger partial charge in [0.25, 0.3) is 0 Å². The van der Waals surface area contributed by atoms with Gasteiger partial charge in [-0.3, -0.25) is 4.79 Å². The Hall–Kier alpha value is -0.855. The number of ether oxygens (including phenoxy) is 1. The molecule has 90 valence electrons. The molecule has 0 aliphatic carbocycles. The van der Waals surface area contributed by atoms with Crippen LogP contribution in [0.1, 0.15) is 12.0 Å². The Kier molecular flexibility index (Phi) is 4.73. The highest BCUT2D eigenvalue weighted by Gasteiger charge is 2.27. The summed E-state index contributed by atoms with van der Waals surface area (Å²) in [4.78, 5) is 10.6. The van der Waals surface area contributed by atoms with E-state index in [9.17, 15) is 13.6 Å². The predicted octanol–water partition coefficient (Wildman–Crippen LogP) is 1.26. The Bertz CT molecular complexity index is 423. The average Bonchev–Trinajstić information content (AvgIpc) is 2.13. The largest absolute Gasteiger partial charge is 0.451 e. The normalized spacial score (nSPS) is 11.2. The first-order valence-corrected chi connectivity index (χ1v) is 5.78. The zero-order valence-electron chi connectivity index (χ0n) is 8.75. The molecule has 0 saturated heterocycles. The van der Waals surface area contributed by atoms with Gasteiger partial charge in [0.15, 0.2) is 0 Å². The Labute approximate surface area is 112 Å². The summed E-state index contributed by atoms with van der Waals surface area (Å²) in [6.45, 7) is 0. The van der Waals surface area contributed by atoms with E-state index in [-0.39, 0.29) is 18.6 Å². The summed E-state index contributed by atoms with van der Waals surface area (Å²) >= 11 is 0.862. The number of benzene rings is 1. The summed E-state index contributed by atoms with van der Waals surface area (Å²) in [5, 5.41) is 0. The fraction of sp³-hybridized carbons (Fsp3) is 0.300. The summed E-state index contributed by atoms with van der Waals surface area (Å²) in [5.74, 6) is -0.542. The van der Waals surface area contributed by atoms with Crippen LogP contribution >= 0.6 is 22.6 Å². The monoisotopic (exact) mass is 351 g/mol. The van der Waals surface area contributed by atoms with Crippen molar-refractivity contribution in [1.82, 2.24) is 0 Å². The maximum absolute atomic E-state index is 12.8. The van der Waals surface area contributed by atoms with Gasteiger partial charge in [-0.25, -0.2) is 0 Å². The first-order chi connectivity index (χ1) is 7.78. The van der Waals surface area contributed by atoms with Crippen LogP contribution in [0.2, 0.25) is 0 Å². The maximum atomic E-state index is 12.8. The lowest BCUT2D eigenvalue weighted by Gasteiger charge is -2.15. The summed E-state index contributed by atoms with van der Waals surface area (Å²) < 4.78 is 26.6. The molecule has 0 atom stereocenters. The Balaban J connectivity index is 2.91. The fourth-order valence-corrected chi connectivity index (χ4v) is 1.49. The Morgan fingerprint density at radius 2 is 2.18 bits per heavy atom. The molecule has 2 radical (unpaired) electrons. The number of halogens is 3. The van der Waals surface area contributed by atoms with Crippen LogP contribution in [-0.4, -0.2) is 17.9 Å². The van der Waals surface area contributed by atoms with Crippen molar-refractivity contribution in [2.45, 2.75) is 17.0 Å². The van der Waals surface area contributed by atoms with Crippen molar-refractivity contribution in [1.29, 1.82) is 0 Å². The van der Waals surface area contributed by atoms with E-state index in [0.29, 0.717) is 11.0 Å². The first-order valence-electron chi connectivity index (χ1n) is 4.70. The highest BCUT2D eigenvalue weighted by atomic mass is 127. The van der Waals surface area contributed by atoms with Crippen molar-refractivity contribution in [2.75, 3.05) is 0 Å². The van der Waals surface area contributed by atoms with Gasteiger partial charge in [0.2, 0.25) is 5.91 Å². The van der Waals surface area contributed by atoms with E-state index in [4.69, 9.17) is 13.6 Å². The van der Waals surface area contributed by atoms with Crippen molar-refractivity contribution < 1.29 is 18.3 Å². The van der Waals surface area contributed by atoms with Crippen molar-refractivity contribution in [2.24, 2.45) is 5.73 Å². The highest BCUT2D eigenvalue weighted by Crippen LogP contribution is 2.29. The highest BCUT2D eigenvalue weighted by molar-refractivity contribution is 14.1. The van der Waals surface area contributed by atoms with Crippen LogP contribution in [0.4, 0.5) is 8.78 Å². The van der Waals surface area contributed by atoms with Gasteiger partial charge in [0.05, 0.1) is 22.6 Å². The lowest BCUT2D eigenvalue weighted by Crippen LogP contribution is -2.18. The van der Waals surface area contributed by atoms with E-state index < -0.39 is 10.0 Å². The van der Waals surface area contributed by atoms with Gasteiger partial charge >= 0.3 is 4.12 Å². The lowest BCUT2D eigenvalue weighted by molar-refractivity contribution is -0.117. The number of alkyl halides is 3. The number of hydrogen-bond acceptors (Lipinski definition) is 2. The summed E-state index contributed by atoms with van der Waals surface area (Å²) in [5.41, 5.74) is 5.77. The number of primary amides is 1. The van der Waals surface area contributed by atoms with Gasteiger partial charge in [-0.2, -0.15) is 8.78 Å². The molecule has 0 aliphatic heterocycles. The summed E-state index contributed by atoms with van der Waals surface area (Å²) in [6, 6.07) is 4.38. The van der Waals surface area contributed by atoms with E-state index in [1.165, 1.54) is 12.1 Å². The minimum Gasteiger partial charge on any atom is -0.425 e. The smallest absolute Gasteiger partial charge is 0.425 e. The zero-order valence-corrected chi connectivity index (χ0v) is 10.9. The Morgan fingerprint density at radius 1 is 1.53 bits per heavy atom. The molecule has 0 heterocycles. The summed E-state index contributed by atoms with van der Waals surface area (Å²) in [6.07, 6.45) is 0.296. The van der Waals surface area contributed by atoms with Crippen LogP contribution in [-0.2, 0) is 11.2 Å². The second-order valence-corrected chi connectivity index (χ2v) is 4.64. The molecule has 17 heavy (non-hydrogen) atoms. The van der Waals surface area contributed by atoms with Gasteiger partial charge < -0.3 is 10.5 Å². The Morgan fingerprint density at radius 3 is 2.71 bits per heavy atom. The molecule has 7 heteroatoms. The van der Waals surface area contributed by atoms with E-state index in [1.807, 2.05) is 0 Å². The van der Waals surface area contributed by atoms with Crippen LogP contribution < -0.4 is 15.9 Å². The molecule has 0 unspecified atom stereocenters. The molecule has 0 bridgehead atoms. The number of nitrogens with two attached hydrogens (primary N) is 1. The molecule has 0 aliphatic rings. The van der Waals surface area contributed by atoms with Crippen LogP contribution in [0.15, 0.2) is 18.2 Å². The predicted molar refractivity (Wildman–Crippen MR) is 68.9 cm³/mol. The topological polar surface area (TPSA) is 52.3 Å². The molecule has 0 saturated carbocycles. The number of aryl methyl sites for hydroxylation is 1. The fourth-order valence-electron chi connectivity index (χ4n) is 1.26. The van der Waals surface area contributed by atoms with Crippen LogP contribution in [0.25, 0.3) is 0 Å². The van der Waals surface area contributed by atoms with Gasteiger partial charge in [-0.15, -0.1) is 0 Å². The lowest BCUT2D eigenvalue weighted by atomic mass is 9.93. The summed E-state index contributed by atoms with van der Waals surface area (Å²) in [7, 11) is 5.48. The van der Waals surface area contributed by atoms with Crippen LogP contribution in [0.3, 0.4) is 0 Å². The first kappa shape index (κ1) is 14.2. The number of hydrogen-bond donors (Lipinski definition) is 1.